The molecular weight excluding hydrogens is 246 g/mol. The van der Waals surface area contributed by atoms with E-state index in [0.717, 1.165) is 24.2 Å². The molecule has 2 aromatic rings. The van der Waals surface area contributed by atoms with Crippen LogP contribution in [-0.4, -0.2) is 24.3 Å². The Bertz CT molecular complexity index is 626. The maximum atomic E-state index is 11.1. The van der Waals surface area contributed by atoms with Crippen molar-refractivity contribution in [2.24, 2.45) is 7.05 Å². The zero-order valence-corrected chi connectivity index (χ0v) is 11.5. The third kappa shape index (κ3) is 2.11. The van der Waals surface area contributed by atoms with Crippen LogP contribution in [-0.2, 0) is 19.9 Å². The lowest BCUT2D eigenvalue weighted by atomic mass is 10.2. The molecular formula is C12H17N5O2. The summed E-state index contributed by atoms with van der Waals surface area (Å²) in [5.41, 5.74) is 1.87. The summed E-state index contributed by atoms with van der Waals surface area (Å²) in [6.45, 7) is 5.75. The van der Waals surface area contributed by atoms with Crippen LogP contribution in [0.2, 0.25) is 0 Å². The molecule has 0 bridgehead atoms. The molecule has 0 aliphatic rings. The van der Waals surface area contributed by atoms with Crippen molar-refractivity contribution in [2.75, 3.05) is 0 Å². The highest BCUT2D eigenvalue weighted by Gasteiger charge is 2.27. The Balaban J connectivity index is 2.70. The van der Waals surface area contributed by atoms with Crippen LogP contribution in [0.1, 0.15) is 31.1 Å². The summed E-state index contributed by atoms with van der Waals surface area (Å²) >= 11 is 0. The number of hydrogen-bond acceptors (Lipinski definition) is 4. The Morgan fingerprint density at radius 3 is 2.58 bits per heavy atom. The van der Waals surface area contributed by atoms with Crippen molar-refractivity contribution in [3.63, 3.8) is 0 Å². The normalized spacial score (nSPS) is 10.9. The third-order valence-corrected chi connectivity index (χ3v) is 3.20. The second-order valence-corrected chi connectivity index (χ2v) is 4.37. The summed E-state index contributed by atoms with van der Waals surface area (Å²) in [6, 6.07) is 1.98. The molecule has 19 heavy (non-hydrogen) atoms. The van der Waals surface area contributed by atoms with Gasteiger partial charge in [-0.15, -0.1) is 0 Å². The zero-order chi connectivity index (χ0) is 14.2. The number of imidazole rings is 1. The van der Waals surface area contributed by atoms with E-state index in [2.05, 4.69) is 10.1 Å². The first-order chi connectivity index (χ1) is 8.99. The van der Waals surface area contributed by atoms with Gasteiger partial charge in [0.2, 0.25) is 11.6 Å². The summed E-state index contributed by atoms with van der Waals surface area (Å²) in [4.78, 5) is 14.7. The van der Waals surface area contributed by atoms with Crippen LogP contribution in [0.3, 0.4) is 0 Å². The average molecular weight is 263 g/mol. The van der Waals surface area contributed by atoms with Gasteiger partial charge in [-0.3, -0.25) is 4.57 Å². The molecule has 0 unspecified atom stereocenters. The number of nitro groups is 1. The average Bonchev–Trinajstić information content (AvgIpc) is 2.91. The number of rotatable bonds is 4. The minimum absolute atomic E-state index is 0.152. The molecule has 0 spiro atoms. The van der Waals surface area contributed by atoms with E-state index in [1.807, 2.05) is 19.9 Å². The molecule has 2 rings (SSSR count). The summed E-state index contributed by atoms with van der Waals surface area (Å²) in [6.07, 6.45) is 1.55. The molecule has 102 valence electrons. The van der Waals surface area contributed by atoms with E-state index in [-0.39, 0.29) is 5.82 Å². The molecule has 7 nitrogen and oxygen atoms in total. The number of aromatic nitrogens is 4. The van der Waals surface area contributed by atoms with Gasteiger partial charge in [0.05, 0.1) is 5.69 Å². The second-order valence-electron chi connectivity index (χ2n) is 4.37. The van der Waals surface area contributed by atoms with Crippen LogP contribution < -0.4 is 0 Å². The van der Waals surface area contributed by atoms with Crippen molar-refractivity contribution in [2.45, 2.75) is 33.6 Å². The van der Waals surface area contributed by atoms with E-state index in [9.17, 15) is 10.1 Å². The second kappa shape index (κ2) is 4.83. The van der Waals surface area contributed by atoms with Gasteiger partial charge in [-0.25, -0.2) is 4.68 Å². The van der Waals surface area contributed by atoms with Crippen LogP contribution in [0.15, 0.2) is 6.07 Å². The van der Waals surface area contributed by atoms with E-state index >= 15 is 0 Å². The molecule has 0 N–H and O–H groups in total. The van der Waals surface area contributed by atoms with Crippen molar-refractivity contribution >= 4 is 5.82 Å². The van der Waals surface area contributed by atoms with Gasteiger partial charge in [-0.2, -0.15) is 5.10 Å². The Morgan fingerprint density at radius 1 is 1.37 bits per heavy atom. The topological polar surface area (TPSA) is 78.8 Å². The van der Waals surface area contributed by atoms with Crippen molar-refractivity contribution in [3.8, 4) is 5.82 Å². The van der Waals surface area contributed by atoms with Crippen LogP contribution in [0.25, 0.3) is 5.82 Å². The molecule has 0 aliphatic carbocycles. The van der Waals surface area contributed by atoms with Gasteiger partial charge in [0.25, 0.3) is 0 Å². The van der Waals surface area contributed by atoms with Crippen molar-refractivity contribution < 1.29 is 4.92 Å². The van der Waals surface area contributed by atoms with Crippen LogP contribution in [0.5, 0.6) is 0 Å². The SMILES string of the molecule is CCc1cc(CC)n(-c2c([N+](=O)[O-])nc(C)n2C)n1. The first-order valence-corrected chi connectivity index (χ1v) is 6.25. The maximum Gasteiger partial charge on any atom is 0.409 e. The van der Waals surface area contributed by atoms with Crippen molar-refractivity contribution in [1.82, 2.24) is 19.3 Å². The van der Waals surface area contributed by atoms with E-state index in [1.165, 1.54) is 0 Å². The van der Waals surface area contributed by atoms with Crippen LogP contribution in [0, 0.1) is 17.0 Å². The van der Waals surface area contributed by atoms with E-state index in [0.29, 0.717) is 11.6 Å². The van der Waals surface area contributed by atoms with Gasteiger partial charge in [-0.05, 0) is 28.8 Å². The number of aryl methyl sites for hydroxylation is 3. The predicted molar refractivity (Wildman–Crippen MR) is 70.5 cm³/mol. The molecule has 0 aromatic carbocycles. The van der Waals surface area contributed by atoms with Crippen LogP contribution >= 0.6 is 0 Å². The Kier molecular flexibility index (Phi) is 3.37. The molecule has 0 aliphatic heterocycles. The Labute approximate surface area is 111 Å². The largest absolute Gasteiger partial charge is 0.409 e. The number of nitrogens with zero attached hydrogens (tertiary/aromatic N) is 5. The first-order valence-electron chi connectivity index (χ1n) is 6.25. The standard InChI is InChI=1S/C12H17N5O2/c1-5-9-7-10(6-2)16(14-9)12-11(17(18)19)13-8(3)15(12)4/h7H,5-6H2,1-4H3. The van der Waals surface area contributed by atoms with Crippen molar-refractivity contribution in [1.29, 1.82) is 0 Å². The molecule has 0 saturated carbocycles. The fraction of sp³-hybridized carbons (Fsp3) is 0.500. The summed E-state index contributed by atoms with van der Waals surface area (Å²) in [5.74, 6) is 0.858. The molecule has 2 aromatic heterocycles. The minimum Gasteiger partial charge on any atom is -0.358 e. The van der Waals surface area contributed by atoms with Gasteiger partial charge < -0.3 is 10.1 Å². The maximum absolute atomic E-state index is 11.1. The fourth-order valence-corrected chi connectivity index (χ4v) is 2.02. The Hall–Kier alpha value is -2.18. The quantitative estimate of drug-likeness (QED) is 0.623. The van der Waals surface area contributed by atoms with E-state index in [1.54, 1.807) is 23.2 Å². The first kappa shape index (κ1) is 13.3. The molecule has 0 atom stereocenters. The van der Waals surface area contributed by atoms with Crippen molar-refractivity contribution in [3.05, 3.63) is 33.4 Å². The lowest BCUT2D eigenvalue weighted by molar-refractivity contribution is -0.389. The van der Waals surface area contributed by atoms with E-state index in [4.69, 9.17) is 0 Å². The zero-order valence-electron chi connectivity index (χ0n) is 11.5. The molecule has 2 heterocycles. The van der Waals surface area contributed by atoms with Gasteiger partial charge in [0, 0.05) is 19.7 Å². The van der Waals surface area contributed by atoms with Gasteiger partial charge in [-0.1, -0.05) is 13.8 Å². The monoisotopic (exact) mass is 263 g/mol. The summed E-state index contributed by atoms with van der Waals surface area (Å²) in [7, 11) is 1.76. The lowest BCUT2D eigenvalue weighted by Crippen LogP contribution is -2.09. The molecule has 0 fully saturated rings. The predicted octanol–water partition coefficient (Wildman–Crippen LogP) is 1.95. The number of hydrogen-bond donors (Lipinski definition) is 0. The molecule has 0 saturated heterocycles. The lowest BCUT2D eigenvalue weighted by Gasteiger charge is -2.05. The van der Waals surface area contributed by atoms with Gasteiger partial charge in [0.1, 0.15) is 0 Å². The molecule has 0 amide bonds. The third-order valence-electron chi connectivity index (χ3n) is 3.20. The van der Waals surface area contributed by atoms with Gasteiger partial charge >= 0.3 is 5.82 Å². The van der Waals surface area contributed by atoms with Gasteiger partial charge in [0.15, 0.2) is 0 Å². The summed E-state index contributed by atoms with van der Waals surface area (Å²) in [5, 5.41) is 15.6. The highest BCUT2D eigenvalue weighted by atomic mass is 16.6. The highest BCUT2D eigenvalue weighted by Crippen LogP contribution is 2.24. The summed E-state index contributed by atoms with van der Waals surface area (Å²) < 4.78 is 3.33. The Morgan fingerprint density at radius 2 is 2.05 bits per heavy atom. The minimum atomic E-state index is -0.463. The molecule has 0 radical (unpaired) electrons. The van der Waals surface area contributed by atoms with Crippen LogP contribution in [0.4, 0.5) is 5.82 Å². The molecule has 7 heteroatoms. The smallest absolute Gasteiger partial charge is 0.358 e. The highest BCUT2D eigenvalue weighted by molar-refractivity contribution is 5.44. The van der Waals surface area contributed by atoms with E-state index < -0.39 is 4.92 Å². The fourth-order valence-electron chi connectivity index (χ4n) is 2.02.